The maximum Gasteiger partial charge on any atom is 0.297 e. The van der Waals surface area contributed by atoms with Gasteiger partial charge in [0.25, 0.3) is 5.91 Å². The number of amides is 1. The van der Waals surface area contributed by atoms with Crippen LogP contribution in [0.5, 0.6) is 0 Å². The molecule has 0 radical (unpaired) electrons. The van der Waals surface area contributed by atoms with Gasteiger partial charge in [-0.05, 0) is 42.7 Å². The second kappa shape index (κ2) is 7.83. The molecule has 0 bridgehead atoms. The first-order valence-electron chi connectivity index (χ1n) is 10.3. The summed E-state index contributed by atoms with van der Waals surface area (Å²) in [4.78, 5) is 28.7. The van der Waals surface area contributed by atoms with Crippen molar-refractivity contribution in [1.82, 2.24) is 10.2 Å². The normalized spacial score (nSPS) is 15.7. The smallest absolute Gasteiger partial charge is 0.297 e. The third kappa shape index (κ3) is 3.42. The Hall–Kier alpha value is -3.03. The van der Waals surface area contributed by atoms with Crippen LogP contribution in [0.15, 0.2) is 51.7 Å². The molecule has 2 aromatic heterocycles. The highest BCUT2D eigenvalue weighted by molar-refractivity contribution is 7.15. The van der Waals surface area contributed by atoms with Crippen molar-refractivity contribution in [2.75, 3.05) is 4.90 Å². The number of rotatable bonds is 4. The van der Waals surface area contributed by atoms with E-state index in [9.17, 15) is 9.59 Å². The molecule has 6 nitrogen and oxygen atoms in total. The summed E-state index contributed by atoms with van der Waals surface area (Å²) in [6, 6.07) is 11.8. The summed E-state index contributed by atoms with van der Waals surface area (Å²) < 4.78 is 5.99. The van der Waals surface area contributed by atoms with Gasteiger partial charge >= 0.3 is 0 Å². The van der Waals surface area contributed by atoms with Crippen LogP contribution in [0.25, 0.3) is 11.0 Å². The highest BCUT2D eigenvalue weighted by Gasteiger charge is 2.45. The van der Waals surface area contributed by atoms with Crippen LogP contribution < -0.4 is 10.3 Å². The van der Waals surface area contributed by atoms with E-state index in [2.05, 4.69) is 24.0 Å². The lowest BCUT2D eigenvalue weighted by Gasteiger charge is -2.22. The third-order valence-electron chi connectivity index (χ3n) is 5.44. The average Bonchev–Trinajstić information content (AvgIpc) is 3.30. The zero-order chi connectivity index (χ0) is 22.6. The molecule has 0 spiro atoms. The van der Waals surface area contributed by atoms with E-state index in [0.29, 0.717) is 38.2 Å². The summed E-state index contributed by atoms with van der Waals surface area (Å²) in [5.74, 6) is 0.0384. The number of halogens is 1. The number of aromatic nitrogens is 2. The highest BCUT2D eigenvalue weighted by atomic mass is 35.5. The van der Waals surface area contributed by atoms with Crippen LogP contribution in [-0.4, -0.2) is 16.1 Å². The van der Waals surface area contributed by atoms with E-state index < -0.39 is 11.9 Å². The lowest BCUT2D eigenvalue weighted by Crippen LogP contribution is -2.29. The zero-order valence-corrected chi connectivity index (χ0v) is 19.3. The van der Waals surface area contributed by atoms with E-state index in [1.165, 1.54) is 16.2 Å². The number of carbonyl (C=O) groups is 1. The van der Waals surface area contributed by atoms with Gasteiger partial charge in [0.2, 0.25) is 10.9 Å². The van der Waals surface area contributed by atoms with E-state index in [1.807, 2.05) is 19.1 Å². The molecule has 1 amide bonds. The van der Waals surface area contributed by atoms with Gasteiger partial charge in [-0.3, -0.25) is 14.5 Å². The second-order valence-electron chi connectivity index (χ2n) is 8.38. The molecule has 0 N–H and O–H groups in total. The number of hydrogen-bond acceptors (Lipinski definition) is 6. The van der Waals surface area contributed by atoms with Crippen LogP contribution in [0.1, 0.15) is 52.1 Å². The fraction of sp³-hybridized carbons (Fsp3) is 0.250. The molecule has 2 aromatic carbocycles. The van der Waals surface area contributed by atoms with Crippen LogP contribution in [0, 0.1) is 12.8 Å². The number of fused-ring (bicyclic) bond motifs is 2. The second-order valence-corrected chi connectivity index (χ2v) is 9.86. The number of carbonyl (C=O) groups excluding carboxylic acids is 1. The summed E-state index contributed by atoms with van der Waals surface area (Å²) >= 11 is 7.62. The Kier molecular flexibility index (Phi) is 5.10. The van der Waals surface area contributed by atoms with Crippen LogP contribution in [0.4, 0.5) is 5.13 Å². The Labute approximate surface area is 193 Å². The first-order valence-corrected chi connectivity index (χ1v) is 11.5. The fourth-order valence-electron chi connectivity index (χ4n) is 4.05. The summed E-state index contributed by atoms with van der Waals surface area (Å²) in [7, 11) is 0. The molecular formula is C24H20ClN3O3S. The molecule has 162 valence electrons. The van der Waals surface area contributed by atoms with E-state index in [-0.39, 0.29) is 11.2 Å². The summed E-state index contributed by atoms with van der Waals surface area (Å²) in [5, 5.41) is 10.8. The van der Waals surface area contributed by atoms with Crippen LogP contribution in [-0.2, 0) is 6.42 Å². The van der Waals surface area contributed by atoms with Gasteiger partial charge in [0, 0.05) is 11.4 Å². The molecule has 0 unspecified atom stereocenters. The molecule has 4 aromatic rings. The first-order chi connectivity index (χ1) is 15.3. The van der Waals surface area contributed by atoms with Gasteiger partial charge in [0.15, 0.2) is 5.43 Å². The van der Waals surface area contributed by atoms with Crippen molar-refractivity contribution < 1.29 is 9.21 Å². The van der Waals surface area contributed by atoms with Crippen molar-refractivity contribution in [3.63, 3.8) is 0 Å². The van der Waals surface area contributed by atoms with Crippen molar-refractivity contribution in [1.29, 1.82) is 0 Å². The predicted octanol–water partition coefficient (Wildman–Crippen LogP) is 5.55. The SMILES string of the molecule is Cc1ccc2oc3c(c(=O)c2c1)[C@@H](c1cccc(Cl)c1)N(c1nnc(CC(C)C)s1)C3=O. The van der Waals surface area contributed by atoms with Crippen molar-refractivity contribution >= 4 is 44.9 Å². The molecule has 1 atom stereocenters. The summed E-state index contributed by atoms with van der Waals surface area (Å²) in [6.45, 7) is 6.11. The fourth-order valence-corrected chi connectivity index (χ4v) is 5.33. The van der Waals surface area contributed by atoms with Gasteiger partial charge in [-0.1, -0.05) is 60.5 Å². The molecule has 0 saturated heterocycles. The van der Waals surface area contributed by atoms with E-state index in [0.717, 1.165) is 17.0 Å². The maximum absolute atomic E-state index is 13.6. The first kappa shape index (κ1) is 20.8. The molecule has 8 heteroatoms. The van der Waals surface area contributed by atoms with E-state index in [4.69, 9.17) is 16.0 Å². The van der Waals surface area contributed by atoms with E-state index in [1.54, 1.807) is 30.3 Å². The lowest BCUT2D eigenvalue weighted by atomic mass is 9.98. The molecule has 0 aliphatic carbocycles. The lowest BCUT2D eigenvalue weighted by molar-refractivity contribution is 0.0970. The molecule has 0 saturated carbocycles. The van der Waals surface area contributed by atoms with Crippen LogP contribution >= 0.6 is 22.9 Å². The van der Waals surface area contributed by atoms with Gasteiger partial charge in [0.1, 0.15) is 10.6 Å². The zero-order valence-electron chi connectivity index (χ0n) is 17.8. The molecule has 1 aliphatic heterocycles. The van der Waals surface area contributed by atoms with Gasteiger partial charge in [-0.25, -0.2) is 0 Å². The number of hydrogen-bond donors (Lipinski definition) is 0. The minimum Gasteiger partial charge on any atom is -0.450 e. The average molecular weight is 466 g/mol. The van der Waals surface area contributed by atoms with Crippen molar-refractivity contribution in [2.45, 2.75) is 33.2 Å². The standard InChI is InChI=1S/C24H20ClN3O3S/c1-12(2)9-18-26-27-24(32-18)28-20(14-5-4-6-15(25)11-14)19-21(29)16-10-13(3)7-8-17(16)31-22(19)23(28)30/h4-8,10-12,20H,9H2,1-3H3/t20-/m1/s1. The van der Waals surface area contributed by atoms with Gasteiger partial charge in [-0.2, -0.15) is 0 Å². The molecule has 1 aliphatic rings. The van der Waals surface area contributed by atoms with Crippen molar-refractivity contribution in [3.05, 3.63) is 85.2 Å². The largest absolute Gasteiger partial charge is 0.450 e. The summed E-state index contributed by atoms with van der Waals surface area (Å²) in [6.07, 6.45) is 0.759. The number of nitrogens with zero attached hydrogens (tertiary/aromatic N) is 3. The topological polar surface area (TPSA) is 76.3 Å². The van der Waals surface area contributed by atoms with Gasteiger partial charge < -0.3 is 4.42 Å². The van der Waals surface area contributed by atoms with Gasteiger partial charge in [0.05, 0.1) is 17.0 Å². The minimum absolute atomic E-state index is 0.0388. The van der Waals surface area contributed by atoms with Crippen molar-refractivity contribution in [2.24, 2.45) is 5.92 Å². The molecular weight excluding hydrogens is 446 g/mol. The third-order valence-corrected chi connectivity index (χ3v) is 6.62. The van der Waals surface area contributed by atoms with Crippen molar-refractivity contribution in [3.8, 4) is 0 Å². The number of anilines is 1. The predicted molar refractivity (Wildman–Crippen MR) is 126 cm³/mol. The Balaban J connectivity index is 1.75. The number of aryl methyl sites for hydroxylation is 1. The van der Waals surface area contributed by atoms with Crippen LogP contribution in [0.2, 0.25) is 5.02 Å². The molecule has 3 heterocycles. The quantitative estimate of drug-likeness (QED) is 0.394. The van der Waals surface area contributed by atoms with Gasteiger partial charge in [-0.15, -0.1) is 10.2 Å². The van der Waals surface area contributed by atoms with Crippen LogP contribution in [0.3, 0.4) is 0 Å². The highest BCUT2D eigenvalue weighted by Crippen LogP contribution is 2.42. The Morgan fingerprint density at radius 2 is 1.97 bits per heavy atom. The van der Waals surface area contributed by atoms with E-state index >= 15 is 0 Å². The Morgan fingerprint density at radius 3 is 2.72 bits per heavy atom. The minimum atomic E-state index is -0.697. The maximum atomic E-state index is 13.6. The summed E-state index contributed by atoms with van der Waals surface area (Å²) in [5.41, 5.74) is 2.11. The monoisotopic (exact) mass is 465 g/mol. The Bertz CT molecular complexity index is 1430. The molecule has 32 heavy (non-hydrogen) atoms. The number of benzene rings is 2. The Morgan fingerprint density at radius 1 is 1.16 bits per heavy atom. The molecule has 0 fully saturated rings. The molecule has 5 rings (SSSR count).